The third-order valence-corrected chi connectivity index (χ3v) is 8.26. The smallest absolute Gasteiger partial charge is 0.326 e. The predicted octanol–water partition coefficient (Wildman–Crippen LogP) is 4.92. The molecule has 2 rings (SSSR count). The van der Waals surface area contributed by atoms with Gasteiger partial charge in [-0.15, -0.1) is 4.72 Å². The van der Waals surface area contributed by atoms with E-state index in [0.29, 0.717) is 22.3 Å². The van der Waals surface area contributed by atoms with Crippen molar-refractivity contribution in [3.05, 3.63) is 55.4 Å². The Balaban J connectivity index is 2.53. The van der Waals surface area contributed by atoms with Crippen molar-refractivity contribution in [2.75, 3.05) is 12.9 Å². The molecule has 2 aromatic rings. The fourth-order valence-electron chi connectivity index (χ4n) is 3.21. The minimum atomic E-state index is -1.41. The highest BCUT2D eigenvalue weighted by molar-refractivity contribution is 9.10. The van der Waals surface area contributed by atoms with Crippen molar-refractivity contribution >= 4 is 56.6 Å². The average Bonchev–Trinajstić information content (AvgIpc) is 2.76. The number of esters is 1. The van der Waals surface area contributed by atoms with Gasteiger partial charge in [0.2, 0.25) is 0 Å². The summed E-state index contributed by atoms with van der Waals surface area (Å²) in [5.41, 5.74) is 1.12. The lowest BCUT2D eigenvalue weighted by Crippen LogP contribution is -2.44. The lowest BCUT2D eigenvalue weighted by atomic mass is 9.92. The summed E-state index contributed by atoms with van der Waals surface area (Å²) in [7, 11) is 0. The van der Waals surface area contributed by atoms with E-state index in [0.717, 1.165) is 5.56 Å². The third-order valence-electron chi connectivity index (χ3n) is 5.00. The number of benzene rings is 1. The zero-order valence-electron chi connectivity index (χ0n) is 20.2. The van der Waals surface area contributed by atoms with Gasteiger partial charge in [-0.05, 0) is 79.9 Å². The normalized spacial score (nSPS) is 14.5. The first-order valence-corrected chi connectivity index (χ1v) is 14.4. The Labute approximate surface area is 221 Å². The van der Waals surface area contributed by atoms with Crippen molar-refractivity contribution in [1.82, 2.24) is 14.3 Å². The molecule has 188 valence electrons. The number of hydrogen-bond donors (Lipinski definition) is 1. The molecule has 0 amide bonds. The van der Waals surface area contributed by atoms with Gasteiger partial charge in [-0.1, -0.05) is 42.4 Å². The molecule has 1 aromatic heterocycles. The summed E-state index contributed by atoms with van der Waals surface area (Å²) in [4.78, 5) is 30.0. The summed E-state index contributed by atoms with van der Waals surface area (Å²) < 4.78 is 22.3. The average molecular weight is 593 g/mol. The number of nitrogens with zero attached hydrogens (tertiary/aromatic N) is 2. The number of nitrogens with one attached hydrogen (secondary N) is 1. The SMILES string of the molecule is CCOC(=O)Cn1c(SC)nc(C(N[S@@+]([O-])C(C)(C)C)C(C)Cc2ccc(Cl)cc2)c(Br)c1=O. The molecule has 34 heavy (non-hydrogen) atoms. The van der Waals surface area contributed by atoms with Gasteiger partial charge in [-0.25, -0.2) is 4.98 Å². The van der Waals surface area contributed by atoms with Crippen LogP contribution in [0.25, 0.3) is 0 Å². The molecule has 0 aliphatic carbocycles. The summed E-state index contributed by atoms with van der Waals surface area (Å²) in [6.45, 7) is 9.35. The second-order valence-corrected chi connectivity index (χ2v) is 12.8. The fraction of sp³-hybridized carbons (Fsp3) is 0.522. The van der Waals surface area contributed by atoms with E-state index in [-0.39, 0.29) is 23.5 Å². The molecule has 0 bridgehead atoms. The summed E-state index contributed by atoms with van der Waals surface area (Å²) in [5, 5.41) is 1.03. The first-order valence-electron chi connectivity index (χ1n) is 10.8. The van der Waals surface area contributed by atoms with Crippen LogP contribution < -0.4 is 10.3 Å². The van der Waals surface area contributed by atoms with Crippen LogP contribution in [-0.2, 0) is 33.9 Å². The van der Waals surface area contributed by atoms with Crippen LogP contribution in [-0.4, -0.2) is 37.7 Å². The number of carbonyl (C=O) groups is 1. The predicted molar refractivity (Wildman–Crippen MR) is 143 cm³/mol. The Morgan fingerprint density at radius 1 is 1.35 bits per heavy atom. The van der Waals surface area contributed by atoms with Crippen LogP contribution in [0.5, 0.6) is 0 Å². The lowest BCUT2D eigenvalue weighted by molar-refractivity contribution is -0.144. The van der Waals surface area contributed by atoms with Crippen LogP contribution in [0.3, 0.4) is 0 Å². The van der Waals surface area contributed by atoms with Gasteiger partial charge in [0.15, 0.2) is 5.16 Å². The van der Waals surface area contributed by atoms with E-state index < -0.39 is 33.7 Å². The van der Waals surface area contributed by atoms with Gasteiger partial charge in [0.05, 0.1) is 18.3 Å². The molecular formula is C23H31BrClN3O4S2. The molecule has 0 aliphatic rings. The zero-order chi connectivity index (χ0) is 25.6. The summed E-state index contributed by atoms with van der Waals surface area (Å²) in [5.74, 6) is -0.591. The molecule has 1 heterocycles. The van der Waals surface area contributed by atoms with Gasteiger partial charge in [-0.3, -0.25) is 14.2 Å². The molecule has 0 spiro atoms. The molecule has 0 saturated carbocycles. The van der Waals surface area contributed by atoms with Crippen LogP contribution in [0.4, 0.5) is 0 Å². The molecule has 0 saturated heterocycles. The van der Waals surface area contributed by atoms with Gasteiger partial charge >= 0.3 is 5.97 Å². The largest absolute Gasteiger partial charge is 0.598 e. The monoisotopic (exact) mass is 591 g/mol. The number of ether oxygens (including phenoxy) is 1. The molecule has 0 fully saturated rings. The maximum absolute atomic E-state index is 13.3. The Morgan fingerprint density at radius 2 is 1.97 bits per heavy atom. The molecule has 11 heteroatoms. The minimum absolute atomic E-state index is 0.0775. The van der Waals surface area contributed by atoms with E-state index in [2.05, 4.69) is 20.7 Å². The highest BCUT2D eigenvalue weighted by atomic mass is 79.9. The van der Waals surface area contributed by atoms with E-state index >= 15 is 0 Å². The van der Waals surface area contributed by atoms with Crippen molar-refractivity contribution in [2.24, 2.45) is 5.92 Å². The quantitative estimate of drug-likeness (QED) is 0.181. The van der Waals surface area contributed by atoms with Crippen LogP contribution in [0.15, 0.2) is 38.7 Å². The Kier molecular flexibility index (Phi) is 11.0. The minimum Gasteiger partial charge on any atom is -0.598 e. The maximum Gasteiger partial charge on any atom is 0.326 e. The first-order chi connectivity index (χ1) is 15.9. The number of rotatable bonds is 10. The topological polar surface area (TPSA) is 96.3 Å². The first kappa shape index (κ1) is 29.2. The molecule has 0 radical (unpaired) electrons. The van der Waals surface area contributed by atoms with Gasteiger partial charge < -0.3 is 9.29 Å². The summed E-state index contributed by atoms with van der Waals surface area (Å²) in [6, 6.07) is 7.06. The van der Waals surface area contributed by atoms with Crippen LogP contribution in [0.2, 0.25) is 5.02 Å². The number of thioether (sulfide) groups is 1. The van der Waals surface area contributed by atoms with E-state index in [1.54, 1.807) is 13.2 Å². The van der Waals surface area contributed by atoms with Crippen LogP contribution >= 0.6 is 39.3 Å². The third kappa shape index (κ3) is 7.73. The molecule has 2 unspecified atom stereocenters. The number of carbonyl (C=O) groups excluding carboxylic acids is 1. The summed E-state index contributed by atoms with van der Waals surface area (Å²) in [6.07, 6.45) is 2.43. The van der Waals surface area contributed by atoms with Crippen molar-refractivity contribution in [3.63, 3.8) is 0 Å². The highest BCUT2D eigenvalue weighted by Gasteiger charge is 2.35. The second kappa shape index (κ2) is 12.8. The van der Waals surface area contributed by atoms with E-state index in [4.69, 9.17) is 21.3 Å². The van der Waals surface area contributed by atoms with Crippen molar-refractivity contribution in [1.29, 1.82) is 0 Å². The molecule has 7 nitrogen and oxygen atoms in total. The molecule has 3 atom stereocenters. The maximum atomic E-state index is 13.3. The van der Waals surface area contributed by atoms with E-state index in [1.165, 1.54) is 16.3 Å². The van der Waals surface area contributed by atoms with Gasteiger partial charge in [-0.2, -0.15) is 0 Å². The van der Waals surface area contributed by atoms with Gasteiger partial charge in [0.1, 0.15) is 15.8 Å². The Morgan fingerprint density at radius 3 is 2.50 bits per heavy atom. The standard InChI is InChI=1S/C23H31BrClN3O4S2/c1-7-32-17(29)13-28-21(30)18(24)20(26-22(28)33-6)19(27-34(31)23(3,4)5)14(2)12-15-8-10-16(25)11-9-15/h8-11,14,19,27H,7,12-13H2,1-6H3/t14?,19?,34-/m0/s1. The van der Waals surface area contributed by atoms with Crippen molar-refractivity contribution in [2.45, 2.75) is 63.5 Å². The lowest BCUT2D eigenvalue weighted by Gasteiger charge is -2.31. The number of aromatic nitrogens is 2. The van der Waals surface area contributed by atoms with Crippen molar-refractivity contribution in [3.8, 4) is 0 Å². The highest BCUT2D eigenvalue weighted by Crippen LogP contribution is 2.32. The van der Waals surface area contributed by atoms with Gasteiger partial charge in [0.25, 0.3) is 5.56 Å². The van der Waals surface area contributed by atoms with E-state index in [1.807, 2.05) is 52.0 Å². The molecule has 1 aromatic carbocycles. The number of halogens is 2. The molecule has 0 aliphatic heterocycles. The van der Waals surface area contributed by atoms with E-state index in [9.17, 15) is 14.1 Å². The molecule has 1 N–H and O–H groups in total. The Hall–Kier alpha value is -1.04. The fourth-order valence-corrected chi connectivity index (χ4v) is 5.37. The summed E-state index contributed by atoms with van der Waals surface area (Å²) >= 11 is 9.28. The molecular weight excluding hydrogens is 562 g/mol. The van der Waals surface area contributed by atoms with Crippen LogP contribution in [0, 0.1) is 5.92 Å². The zero-order valence-corrected chi connectivity index (χ0v) is 24.2. The Bertz CT molecular complexity index is 1040. The van der Waals surface area contributed by atoms with Crippen molar-refractivity contribution < 1.29 is 14.1 Å². The second-order valence-electron chi connectivity index (χ2n) is 8.78. The van der Waals surface area contributed by atoms with Crippen LogP contribution in [0.1, 0.15) is 51.9 Å². The number of hydrogen-bond acceptors (Lipinski definition) is 7. The van der Waals surface area contributed by atoms with Gasteiger partial charge in [0, 0.05) is 16.4 Å².